The Morgan fingerprint density at radius 2 is 2.23 bits per heavy atom. The Balaban J connectivity index is 1.51. The number of hydrogen-bond acceptors (Lipinski definition) is 5. The molecule has 2 aromatic rings. The number of rotatable bonds is 6. The number of H-pyrrole nitrogens is 1. The van der Waals surface area contributed by atoms with E-state index in [1.165, 1.54) is 10.4 Å². The molecule has 120 valence electrons. The van der Waals surface area contributed by atoms with E-state index < -0.39 is 0 Å². The second-order valence-corrected chi connectivity index (χ2v) is 6.96. The highest BCUT2D eigenvalue weighted by Crippen LogP contribution is 2.27. The van der Waals surface area contributed by atoms with E-state index in [0.29, 0.717) is 12.5 Å². The van der Waals surface area contributed by atoms with Crippen LogP contribution in [-0.4, -0.2) is 46.9 Å². The standard InChI is InChI=1S/C16H24N4OS/c1-12-6-10-22-14(12)11-20-7-3-13(4-8-20)16-17-15(18-19-16)5-9-21-2/h6,10,13H,3-5,7-9,11H2,1-2H3,(H,17,18,19). The number of nitrogens with one attached hydrogen (secondary N) is 1. The second-order valence-electron chi connectivity index (χ2n) is 5.96. The second kappa shape index (κ2) is 7.35. The predicted octanol–water partition coefficient (Wildman–Crippen LogP) is 2.74. The van der Waals surface area contributed by atoms with Crippen molar-refractivity contribution in [2.75, 3.05) is 26.8 Å². The van der Waals surface area contributed by atoms with E-state index in [-0.39, 0.29) is 0 Å². The number of piperidine rings is 1. The van der Waals surface area contributed by atoms with Crippen molar-refractivity contribution in [3.05, 3.63) is 33.5 Å². The van der Waals surface area contributed by atoms with Gasteiger partial charge in [0.1, 0.15) is 5.82 Å². The van der Waals surface area contributed by atoms with Gasteiger partial charge in [-0.3, -0.25) is 10.00 Å². The molecule has 3 heterocycles. The average molecular weight is 320 g/mol. The van der Waals surface area contributed by atoms with E-state index in [9.17, 15) is 0 Å². The molecule has 1 fully saturated rings. The lowest BCUT2D eigenvalue weighted by Crippen LogP contribution is -2.32. The highest BCUT2D eigenvalue weighted by molar-refractivity contribution is 7.10. The average Bonchev–Trinajstić information content (AvgIpc) is 3.16. The van der Waals surface area contributed by atoms with E-state index in [2.05, 4.69) is 38.5 Å². The Labute approximate surface area is 135 Å². The highest BCUT2D eigenvalue weighted by atomic mass is 32.1. The van der Waals surface area contributed by atoms with Crippen LogP contribution in [0.3, 0.4) is 0 Å². The van der Waals surface area contributed by atoms with Crippen LogP contribution in [0.4, 0.5) is 0 Å². The van der Waals surface area contributed by atoms with Gasteiger partial charge in [-0.15, -0.1) is 11.3 Å². The molecule has 0 amide bonds. The fourth-order valence-corrected chi connectivity index (χ4v) is 3.87. The minimum Gasteiger partial charge on any atom is -0.384 e. The minimum absolute atomic E-state index is 0.494. The van der Waals surface area contributed by atoms with Gasteiger partial charge in [-0.2, -0.15) is 5.10 Å². The van der Waals surface area contributed by atoms with Crippen LogP contribution in [0.25, 0.3) is 0 Å². The molecule has 3 rings (SSSR count). The van der Waals surface area contributed by atoms with E-state index >= 15 is 0 Å². The van der Waals surface area contributed by atoms with Crippen LogP contribution in [0, 0.1) is 6.92 Å². The smallest absolute Gasteiger partial charge is 0.153 e. The summed E-state index contributed by atoms with van der Waals surface area (Å²) in [5.41, 5.74) is 1.42. The first-order valence-corrected chi connectivity index (χ1v) is 8.79. The van der Waals surface area contributed by atoms with Crippen molar-refractivity contribution >= 4 is 11.3 Å². The molecule has 1 aliphatic heterocycles. The fourth-order valence-electron chi connectivity index (χ4n) is 2.92. The first-order valence-electron chi connectivity index (χ1n) is 7.91. The summed E-state index contributed by atoms with van der Waals surface area (Å²) < 4.78 is 5.08. The van der Waals surface area contributed by atoms with Crippen molar-refractivity contribution in [2.24, 2.45) is 0 Å². The number of aromatic amines is 1. The number of methoxy groups -OCH3 is 1. The largest absolute Gasteiger partial charge is 0.384 e. The first kappa shape index (κ1) is 15.6. The zero-order valence-electron chi connectivity index (χ0n) is 13.3. The summed E-state index contributed by atoms with van der Waals surface area (Å²) in [7, 11) is 1.71. The number of likely N-dealkylation sites (tertiary alicyclic amines) is 1. The summed E-state index contributed by atoms with van der Waals surface area (Å²) >= 11 is 1.87. The Kier molecular flexibility index (Phi) is 5.23. The lowest BCUT2D eigenvalue weighted by atomic mass is 9.96. The number of aromatic nitrogens is 3. The van der Waals surface area contributed by atoms with Gasteiger partial charge in [-0.25, -0.2) is 4.98 Å². The zero-order valence-corrected chi connectivity index (χ0v) is 14.2. The van der Waals surface area contributed by atoms with Gasteiger partial charge in [0.15, 0.2) is 5.82 Å². The van der Waals surface area contributed by atoms with Crippen molar-refractivity contribution in [2.45, 2.75) is 38.6 Å². The zero-order chi connectivity index (χ0) is 15.4. The molecule has 0 radical (unpaired) electrons. The van der Waals surface area contributed by atoms with E-state index in [1.807, 2.05) is 11.3 Å². The Bertz CT molecular complexity index is 586. The molecule has 0 bridgehead atoms. The van der Waals surface area contributed by atoms with Gasteiger partial charge in [0.2, 0.25) is 0 Å². The Morgan fingerprint density at radius 1 is 1.41 bits per heavy atom. The maximum Gasteiger partial charge on any atom is 0.153 e. The third-order valence-electron chi connectivity index (χ3n) is 4.38. The van der Waals surface area contributed by atoms with E-state index in [1.54, 1.807) is 7.11 Å². The molecule has 22 heavy (non-hydrogen) atoms. The van der Waals surface area contributed by atoms with Gasteiger partial charge in [-0.1, -0.05) is 0 Å². The molecule has 2 aromatic heterocycles. The third-order valence-corrected chi connectivity index (χ3v) is 5.39. The van der Waals surface area contributed by atoms with Gasteiger partial charge in [-0.05, 0) is 49.9 Å². The fraction of sp³-hybridized carbons (Fsp3) is 0.625. The quantitative estimate of drug-likeness (QED) is 0.889. The predicted molar refractivity (Wildman–Crippen MR) is 88.3 cm³/mol. The Hall–Kier alpha value is -1.24. The summed E-state index contributed by atoms with van der Waals surface area (Å²) in [5.74, 6) is 2.42. The van der Waals surface area contributed by atoms with Crippen molar-refractivity contribution < 1.29 is 4.74 Å². The third kappa shape index (κ3) is 3.74. The van der Waals surface area contributed by atoms with E-state index in [4.69, 9.17) is 4.74 Å². The number of ether oxygens (including phenoxy) is 1. The molecule has 0 saturated carbocycles. The van der Waals surface area contributed by atoms with Crippen molar-refractivity contribution in [1.29, 1.82) is 0 Å². The lowest BCUT2D eigenvalue weighted by molar-refractivity contribution is 0.200. The number of nitrogens with zero attached hydrogens (tertiary/aromatic N) is 3. The number of aryl methyl sites for hydroxylation is 1. The lowest BCUT2D eigenvalue weighted by Gasteiger charge is -2.30. The number of thiophene rings is 1. The van der Waals surface area contributed by atoms with Crippen LogP contribution >= 0.6 is 11.3 Å². The van der Waals surface area contributed by atoms with Gasteiger partial charge < -0.3 is 4.74 Å². The maximum absolute atomic E-state index is 5.08. The molecule has 6 heteroatoms. The minimum atomic E-state index is 0.494. The van der Waals surface area contributed by atoms with Gasteiger partial charge in [0, 0.05) is 30.9 Å². The molecule has 1 aliphatic rings. The van der Waals surface area contributed by atoms with Crippen LogP contribution in [0.2, 0.25) is 0 Å². The SMILES string of the molecule is COCCc1nc(C2CCN(Cc3sccc3C)CC2)n[nH]1. The van der Waals surface area contributed by atoms with Crippen LogP contribution in [0.1, 0.15) is 40.8 Å². The molecule has 0 aromatic carbocycles. The van der Waals surface area contributed by atoms with Crippen molar-refractivity contribution in [3.8, 4) is 0 Å². The molecule has 1 saturated heterocycles. The van der Waals surface area contributed by atoms with Crippen molar-refractivity contribution in [3.63, 3.8) is 0 Å². The summed E-state index contributed by atoms with van der Waals surface area (Å²) in [4.78, 5) is 8.67. The molecular weight excluding hydrogens is 296 g/mol. The van der Waals surface area contributed by atoms with E-state index in [0.717, 1.165) is 50.5 Å². The monoisotopic (exact) mass is 320 g/mol. The van der Waals surface area contributed by atoms with Crippen molar-refractivity contribution in [1.82, 2.24) is 20.1 Å². The highest BCUT2D eigenvalue weighted by Gasteiger charge is 2.24. The molecule has 0 spiro atoms. The van der Waals surface area contributed by atoms with Crippen LogP contribution in [0.15, 0.2) is 11.4 Å². The molecule has 5 nitrogen and oxygen atoms in total. The van der Waals surface area contributed by atoms with Crippen LogP contribution < -0.4 is 0 Å². The van der Waals surface area contributed by atoms with Gasteiger partial charge >= 0.3 is 0 Å². The molecular formula is C16H24N4OS. The summed E-state index contributed by atoms with van der Waals surface area (Å²) in [6, 6.07) is 2.21. The molecule has 0 aliphatic carbocycles. The molecule has 0 atom stereocenters. The first-order chi connectivity index (χ1) is 10.8. The maximum atomic E-state index is 5.08. The summed E-state index contributed by atoms with van der Waals surface area (Å²) in [5, 5.41) is 9.63. The topological polar surface area (TPSA) is 54.0 Å². The summed E-state index contributed by atoms with van der Waals surface area (Å²) in [6.45, 7) is 6.23. The van der Waals surface area contributed by atoms with Crippen LogP contribution in [0.5, 0.6) is 0 Å². The normalized spacial score (nSPS) is 17.2. The Morgan fingerprint density at radius 3 is 2.91 bits per heavy atom. The van der Waals surface area contributed by atoms with Crippen LogP contribution in [-0.2, 0) is 17.7 Å². The summed E-state index contributed by atoms with van der Waals surface area (Å²) in [6.07, 6.45) is 3.10. The molecule has 1 N–H and O–H groups in total. The van der Waals surface area contributed by atoms with Gasteiger partial charge in [0.25, 0.3) is 0 Å². The number of hydrogen-bond donors (Lipinski definition) is 1. The van der Waals surface area contributed by atoms with Gasteiger partial charge in [0.05, 0.1) is 6.61 Å². The molecule has 0 unspecified atom stereocenters.